The van der Waals surface area contributed by atoms with Crippen LogP contribution >= 0.6 is 0 Å². The van der Waals surface area contributed by atoms with E-state index in [0.29, 0.717) is 23.7 Å². The molecule has 3 N–H and O–H groups in total. The van der Waals surface area contributed by atoms with Crippen molar-refractivity contribution in [1.29, 1.82) is 0 Å². The zero-order valence-electron chi connectivity index (χ0n) is 16.5. The molecule has 2 heterocycles. The van der Waals surface area contributed by atoms with E-state index in [4.69, 9.17) is 0 Å². The number of aromatic nitrogens is 1. The van der Waals surface area contributed by atoms with Crippen LogP contribution in [0.1, 0.15) is 40.1 Å². The topological polar surface area (TPSA) is 77.5 Å². The van der Waals surface area contributed by atoms with Gasteiger partial charge in [-0.1, -0.05) is 12.1 Å². The van der Waals surface area contributed by atoms with Gasteiger partial charge in [-0.2, -0.15) is 0 Å². The summed E-state index contributed by atoms with van der Waals surface area (Å²) in [6.07, 6.45) is 1.52. The first kappa shape index (κ1) is 20.2. The van der Waals surface area contributed by atoms with Gasteiger partial charge >= 0.3 is 5.97 Å². The van der Waals surface area contributed by atoms with E-state index in [2.05, 4.69) is 27.4 Å². The molecule has 1 aromatic carbocycles. The van der Waals surface area contributed by atoms with Crippen molar-refractivity contribution >= 4 is 11.7 Å². The maximum atomic E-state index is 14.2. The van der Waals surface area contributed by atoms with Gasteiger partial charge in [0.15, 0.2) is 5.69 Å². The molecule has 1 aromatic heterocycles. The van der Waals surface area contributed by atoms with Crippen LogP contribution in [0.5, 0.6) is 0 Å². The quantitative estimate of drug-likeness (QED) is 0.709. The Bertz CT molecular complexity index is 858. The van der Waals surface area contributed by atoms with Gasteiger partial charge in [0, 0.05) is 32.2 Å². The van der Waals surface area contributed by atoms with Crippen LogP contribution in [-0.2, 0) is 0 Å². The van der Waals surface area contributed by atoms with Gasteiger partial charge in [0.25, 0.3) is 0 Å². The molecule has 1 saturated heterocycles. The van der Waals surface area contributed by atoms with E-state index in [9.17, 15) is 14.3 Å². The lowest BCUT2D eigenvalue weighted by Crippen LogP contribution is -2.50. The lowest BCUT2D eigenvalue weighted by molar-refractivity contribution is 0.0689. The predicted octanol–water partition coefficient (Wildman–Crippen LogP) is 2.98. The van der Waals surface area contributed by atoms with Gasteiger partial charge < -0.3 is 15.7 Å². The molecular formula is C21H27FN4O2. The van der Waals surface area contributed by atoms with Crippen molar-refractivity contribution in [3.63, 3.8) is 0 Å². The summed E-state index contributed by atoms with van der Waals surface area (Å²) < 4.78 is 14.2. The number of rotatable bonds is 6. The first-order chi connectivity index (χ1) is 13.3. The molecule has 0 amide bonds. The monoisotopic (exact) mass is 386 g/mol. The van der Waals surface area contributed by atoms with Crippen molar-refractivity contribution in [2.75, 3.05) is 31.5 Å². The molecule has 150 valence electrons. The third kappa shape index (κ3) is 4.85. The van der Waals surface area contributed by atoms with Crippen LogP contribution in [0, 0.1) is 19.7 Å². The van der Waals surface area contributed by atoms with E-state index < -0.39 is 5.97 Å². The maximum absolute atomic E-state index is 14.2. The Kier molecular flexibility index (Phi) is 6.26. The predicted molar refractivity (Wildman–Crippen MR) is 107 cm³/mol. The molecule has 7 heteroatoms. The van der Waals surface area contributed by atoms with Crippen LogP contribution in [0.4, 0.5) is 10.1 Å². The van der Waals surface area contributed by atoms with Crippen LogP contribution in [-0.4, -0.2) is 53.2 Å². The summed E-state index contributed by atoms with van der Waals surface area (Å²) in [7, 11) is 0. The van der Waals surface area contributed by atoms with E-state index in [1.165, 1.54) is 6.20 Å². The fraction of sp³-hybridized carbons (Fsp3) is 0.429. The fourth-order valence-corrected chi connectivity index (χ4v) is 3.58. The first-order valence-electron chi connectivity index (χ1n) is 9.51. The van der Waals surface area contributed by atoms with E-state index in [0.717, 1.165) is 30.9 Å². The number of pyridine rings is 1. The number of carboxylic acid groups (broad SMARTS) is 1. The summed E-state index contributed by atoms with van der Waals surface area (Å²) in [6, 6.07) is 7.34. The first-order valence-corrected chi connectivity index (χ1v) is 9.51. The molecule has 0 radical (unpaired) electrons. The Labute approximate surface area is 164 Å². The number of hydrogen-bond acceptors (Lipinski definition) is 5. The number of anilines is 1. The van der Waals surface area contributed by atoms with E-state index in [1.54, 1.807) is 32.0 Å². The highest BCUT2D eigenvalue weighted by molar-refractivity contribution is 5.87. The van der Waals surface area contributed by atoms with Crippen molar-refractivity contribution < 1.29 is 14.3 Å². The van der Waals surface area contributed by atoms with Crippen LogP contribution in [0.15, 0.2) is 30.5 Å². The number of halogens is 1. The molecule has 28 heavy (non-hydrogen) atoms. The highest BCUT2D eigenvalue weighted by atomic mass is 19.1. The second-order valence-electron chi connectivity index (χ2n) is 7.51. The van der Waals surface area contributed by atoms with E-state index in [1.807, 2.05) is 6.07 Å². The molecule has 0 aliphatic carbocycles. The van der Waals surface area contributed by atoms with Crippen molar-refractivity contribution in [3.05, 3.63) is 58.7 Å². The van der Waals surface area contributed by atoms with Gasteiger partial charge in [-0.05, 0) is 49.6 Å². The number of aromatic carboxylic acids is 1. The average molecular weight is 386 g/mol. The molecule has 1 aliphatic rings. The zero-order chi connectivity index (χ0) is 20.3. The van der Waals surface area contributed by atoms with Gasteiger partial charge in [-0.25, -0.2) is 14.2 Å². The van der Waals surface area contributed by atoms with Crippen molar-refractivity contribution in [3.8, 4) is 0 Å². The molecule has 1 aliphatic heterocycles. The van der Waals surface area contributed by atoms with Crippen molar-refractivity contribution in [2.45, 2.75) is 32.9 Å². The van der Waals surface area contributed by atoms with E-state index in [-0.39, 0.29) is 17.6 Å². The summed E-state index contributed by atoms with van der Waals surface area (Å²) in [4.78, 5) is 17.6. The fourth-order valence-electron chi connectivity index (χ4n) is 3.58. The minimum Gasteiger partial charge on any atom is -0.477 e. The van der Waals surface area contributed by atoms with Crippen LogP contribution in [0.25, 0.3) is 0 Å². The van der Waals surface area contributed by atoms with Crippen LogP contribution in [0.3, 0.4) is 0 Å². The summed E-state index contributed by atoms with van der Waals surface area (Å²) in [5.41, 5.74) is 2.81. The average Bonchev–Trinajstić information content (AvgIpc) is 2.63. The smallest absolute Gasteiger partial charge is 0.354 e. The number of nitrogens with zero attached hydrogens (tertiary/aromatic N) is 2. The highest BCUT2D eigenvalue weighted by Gasteiger charge is 2.22. The maximum Gasteiger partial charge on any atom is 0.354 e. The Morgan fingerprint density at radius 3 is 2.82 bits per heavy atom. The highest BCUT2D eigenvalue weighted by Crippen LogP contribution is 2.24. The van der Waals surface area contributed by atoms with Crippen molar-refractivity contribution in [2.24, 2.45) is 0 Å². The SMILES string of the molecule is Cc1ccc(C(CN2CCN[C@H](C)C2)Nc2cnc(C(=O)O)c(C)c2)cc1F. The molecule has 2 aromatic rings. The summed E-state index contributed by atoms with van der Waals surface area (Å²) in [5, 5.41) is 16.0. The van der Waals surface area contributed by atoms with Gasteiger partial charge in [0.2, 0.25) is 0 Å². The molecule has 2 atom stereocenters. The number of aryl methyl sites for hydroxylation is 2. The van der Waals surface area contributed by atoms with Gasteiger partial charge in [0.1, 0.15) is 5.82 Å². The Balaban J connectivity index is 1.86. The molecule has 0 saturated carbocycles. The van der Waals surface area contributed by atoms with Gasteiger partial charge in [-0.3, -0.25) is 4.90 Å². The summed E-state index contributed by atoms with van der Waals surface area (Å²) >= 11 is 0. The Morgan fingerprint density at radius 2 is 2.18 bits per heavy atom. The molecule has 3 rings (SSSR count). The van der Waals surface area contributed by atoms with Crippen LogP contribution < -0.4 is 10.6 Å². The number of carboxylic acids is 1. The minimum atomic E-state index is -1.05. The number of hydrogen-bond donors (Lipinski definition) is 3. The molecule has 0 spiro atoms. The lowest BCUT2D eigenvalue weighted by atomic mass is 10.0. The third-order valence-electron chi connectivity index (χ3n) is 5.11. The molecule has 0 bridgehead atoms. The molecule has 6 nitrogen and oxygen atoms in total. The number of benzene rings is 1. The van der Waals surface area contributed by atoms with Crippen LogP contribution in [0.2, 0.25) is 0 Å². The Morgan fingerprint density at radius 1 is 1.39 bits per heavy atom. The van der Waals surface area contributed by atoms with Gasteiger partial charge in [-0.15, -0.1) is 0 Å². The second-order valence-corrected chi connectivity index (χ2v) is 7.51. The Hall–Kier alpha value is -2.51. The zero-order valence-corrected chi connectivity index (χ0v) is 16.5. The minimum absolute atomic E-state index is 0.0411. The number of piperazine rings is 1. The lowest BCUT2D eigenvalue weighted by Gasteiger charge is -2.35. The van der Waals surface area contributed by atoms with Crippen molar-refractivity contribution in [1.82, 2.24) is 15.2 Å². The van der Waals surface area contributed by atoms with E-state index >= 15 is 0 Å². The normalized spacial score (nSPS) is 18.6. The summed E-state index contributed by atoms with van der Waals surface area (Å²) in [6.45, 7) is 9.10. The standard InChI is InChI=1S/C21H27FN4O2/c1-13-4-5-16(9-18(13)22)19(12-26-7-6-23-15(3)11-26)25-17-8-14(2)20(21(27)28)24-10-17/h4-5,8-10,15,19,23,25H,6-7,11-12H2,1-3H3,(H,27,28)/t15-,19?/m1/s1. The molecule has 1 unspecified atom stereocenters. The largest absolute Gasteiger partial charge is 0.477 e. The van der Waals surface area contributed by atoms with Gasteiger partial charge in [0.05, 0.1) is 17.9 Å². The molecular weight excluding hydrogens is 359 g/mol. The number of carbonyl (C=O) groups is 1. The molecule has 1 fully saturated rings. The second kappa shape index (κ2) is 8.67. The summed E-state index contributed by atoms with van der Waals surface area (Å²) in [5.74, 6) is -1.27. The third-order valence-corrected chi connectivity index (χ3v) is 5.11. The number of nitrogens with one attached hydrogen (secondary N) is 2.